The molecule has 3 rings (SSSR count). The Balaban J connectivity index is 2.14. The molecule has 2 aromatic rings. The van der Waals surface area contributed by atoms with Gasteiger partial charge in [0.2, 0.25) is 10.0 Å². The highest BCUT2D eigenvalue weighted by Gasteiger charge is 2.38. The van der Waals surface area contributed by atoms with Gasteiger partial charge in [0.25, 0.3) is 11.8 Å². The van der Waals surface area contributed by atoms with E-state index in [9.17, 15) is 18.0 Å². The monoisotopic (exact) mass is 388 g/mol. The summed E-state index contributed by atoms with van der Waals surface area (Å²) in [6.07, 6.45) is 0. The van der Waals surface area contributed by atoms with Crippen LogP contribution in [0, 0.1) is 0 Å². The van der Waals surface area contributed by atoms with Crippen LogP contribution in [0.4, 0.5) is 5.69 Å². The maximum absolute atomic E-state index is 12.8. The molecule has 27 heavy (non-hydrogen) atoms. The molecule has 0 aliphatic carbocycles. The number of hydrogen-bond acceptors (Lipinski definition) is 5. The number of imide groups is 1. The molecule has 0 saturated heterocycles. The molecule has 0 N–H and O–H groups in total. The second-order valence-corrected chi connectivity index (χ2v) is 7.85. The minimum absolute atomic E-state index is 0.00134. The lowest BCUT2D eigenvalue weighted by Crippen LogP contribution is -2.32. The number of rotatable bonds is 6. The maximum atomic E-state index is 12.8. The van der Waals surface area contributed by atoms with E-state index in [2.05, 4.69) is 0 Å². The van der Waals surface area contributed by atoms with E-state index in [0.717, 1.165) is 4.90 Å². The second kappa shape index (κ2) is 7.13. The molecule has 1 aliphatic heterocycles. The standard InChI is InChI=1S/C19H20N2O5S/c1-4-20(5-2)27(24,25)13-10-11-17(26-3)16(12-13)21-18(22)14-8-6-7-9-15(14)19(21)23/h6-12H,4-5H2,1-3H3. The van der Waals surface area contributed by atoms with E-state index in [1.165, 1.54) is 29.6 Å². The van der Waals surface area contributed by atoms with E-state index in [4.69, 9.17) is 4.74 Å². The minimum atomic E-state index is -3.75. The number of methoxy groups -OCH3 is 1. The number of nitrogens with zero attached hydrogens (tertiary/aromatic N) is 2. The predicted octanol–water partition coefficient (Wildman–Crippen LogP) is 2.53. The fraction of sp³-hybridized carbons (Fsp3) is 0.263. The van der Waals surface area contributed by atoms with Gasteiger partial charge in [0.1, 0.15) is 5.75 Å². The SMILES string of the molecule is CCN(CC)S(=O)(=O)c1ccc(OC)c(N2C(=O)c3ccccc3C2=O)c1. The summed E-state index contributed by atoms with van der Waals surface area (Å²) in [6, 6.07) is 10.7. The van der Waals surface area contributed by atoms with Crippen LogP contribution in [0.15, 0.2) is 47.4 Å². The Morgan fingerprint density at radius 3 is 2.00 bits per heavy atom. The number of ether oxygens (including phenoxy) is 1. The average Bonchev–Trinajstić information content (AvgIpc) is 2.93. The highest BCUT2D eigenvalue weighted by atomic mass is 32.2. The molecule has 8 heteroatoms. The molecule has 1 aliphatic rings. The van der Waals surface area contributed by atoms with Crippen molar-refractivity contribution in [2.24, 2.45) is 0 Å². The van der Waals surface area contributed by atoms with Gasteiger partial charge in [-0.05, 0) is 30.3 Å². The van der Waals surface area contributed by atoms with Crippen molar-refractivity contribution >= 4 is 27.5 Å². The van der Waals surface area contributed by atoms with Crippen LogP contribution in [0.25, 0.3) is 0 Å². The Kier molecular flexibility index (Phi) is 5.03. The number of amides is 2. The van der Waals surface area contributed by atoms with Gasteiger partial charge in [-0.1, -0.05) is 26.0 Å². The van der Waals surface area contributed by atoms with Gasteiger partial charge >= 0.3 is 0 Å². The van der Waals surface area contributed by atoms with E-state index >= 15 is 0 Å². The first kappa shape index (κ1) is 19.1. The molecule has 0 atom stereocenters. The van der Waals surface area contributed by atoms with Crippen LogP contribution in [0.1, 0.15) is 34.6 Å². The summed E-state index contributed by atoms with van der Waals surface area (Å²) in [7, 11) is -2.35. The zero-order valence-corrected chi connectivity index (χ0v) is 16.1. The second-order valence-electron chi connectivity index (χ2n) is 5.91. The van der Waals surface area contributed by atoms with Crippen molar-refractivity contribution in [1.82, 2.24) is 4.31 Å². The third kappa shape index (κ3) is 3.00. The third-order valence-electron chi connectivity index (χ3n) is 4.53. The van der Waals surface area contributed by atoms with Gasteiger partial charge < -0.3 is 4.74 Å². The molecule has 2 aromatic carbocycles. The molecule has 0 spiro atoms. The fourth-order valence-electron chi connectivity index (χ4n) is 3.13. The Morgan fingerprint density at radius 1 is 0.963 bits per heavy atom. The van der Waals surface area contributed by atoms with Crippen LogP contribution in [-0.2, 0) is 10.0 Å². The molecule has 0 aromatic heterocycles. The first-order chi connectivity index (χ1) is 12.9. The normalized spacial score (nSPS) is 14.0. The van der Waals surface area contributed by atoms with Gasteiger partial charge in [0, 0.05) is 13.1 Å². The zero-order valence-electron chi connectivity index (χ0n) is 15.3. The Labute approximate surface area is 158 Å². The van der Waals surface area contributed by atoms with Crippen LogP contribution >= 0.6 is 0 Å². The summed E-state index contributed by atoms with van der Waals surface area (Å²) in [5, 5.41) is 0. The van der Waals surface area contributed by atoms with Crippen LogP contribution in [0.2, 0.25) is 0 Å². The van der Waals surface area contributed by atoms with E-state index in [1.807, 2.05) is 0 Å². The summed E-state index contributed by atoms with van der Waals surface area (Å²) in [4.78, 5) is 26.5. The van der Waals surface area contributed by atoms with E-state index in [1.54, 1.807) is 38.1 Å². The number of benzene rings is 2. The molecule has 2 amide bonds. The van der Waals surface area contributed by atoms with E-state index < -0.39 is 21.8 Å². The largest absolute Gasteiger partial charge is 0.495 e. The first-order valence-corrected chi connectivity index (χ1v) is 9.96. The van der Waals surface area contributed by atoms with Gasteiger partial charge in [-0.3, -0.25) is 9.59 Å². The number of carbonyl (C=O) groups is 2. The van der Waals surface area contributed by atoms with Crippen LogP contribution in [-0.4, -0.2) is 44.7 Å². The summed E-state index contributed by atoms with van der Waals surface area (Å²) >= 11 is 0. The van der Waals surface area contributed by atoms with Crippen LogP contribution < -0.4 is 9.64 Å². The molecule has 142 valence electrons. The van der Waals surface area contributed by atoms with Crippen molar-refractivity contribution in [3.05, 3.63) is 53.6 Å². The number of hydrogen-bond donors (Lipinski definition) is 0. The molecule has 0 radical (unpaired) electrons. The summed E-state index contributed by atoms with van der Waals surface area (Å²) in [5.41, 5.74) is 0.667. The minimum Gasteiger partial charge on any atom is -0.495 e. The fourth-order valence-corrected chi connectivity index (χ4v) is 4.60. The van der Waals surface area contributed by atoms with Crippen LogP contribution in [0.5, 0.6) is 5.75 Å². The van der Waals surface area contributed by atoms with Gasteiger partial charge in [0.15, 0.2) is 0 Å². The molecule has 7 nitrogen and oxygen atoms in total. The van der Waals surface area contributed by atoms with Gasteiger partial charge in [-0.15, -0.1) is 0 Å². The first-order valence-electron chi connectivity index (χ1n) is 8.52. The molecule has 1 heterocycles. The van der Waals surface area contributed by atoms with Crippen molar-refractivity contribution in [2.75, 3.05) is 25.1 Å². The summed E-state index contributed by atoms with van der Waals surface area (Å²) in [6.45, 7) is 4.12. The smallest absolute Gasteiger partial charge is 0.266 e. The van der Waals surface area contributed by atoms with Crippen molar-refractivity contribution in [3.63, 3.8) is 0 Å². The summed E-state index contributed by atoms with van der Waals surface area (Å²) in [5.74, 6) is -0.777. The van der Waals surface area contributed by atoms with Crippen molar-refractivity contribution in [1.29, 1.82) is 0 Å². The van der Waals surface area contributed by atoms with E-state index in [0.29, 0.717) is 13.1 Å². The Morgan fingerprint density at radius 2 is 1.52 bits per heavy atom. The number of sulfonamides is 1. The number of fused-ring (bicyclic) bond motifs is 1. The van der Waals surface area contributed by atoms with Crippen molar-refractivity contribution < 1.29 is 22.7 Å². The zero-order chi connectivity index (χ0) is 19.8. The molecular weight excluding hydrogens is 368 g/mol. The predicted molar refractivity (Wildman–Crippen MR) is 101 cm³/mol. The van der Waals surface area contributed by atoms with Crippen molar-refractivity contribution in [2.45, 2.75) is 18.7 Å². The molecular formula is C19H20N2O5S. The number of carbonyl (C=O) groups excluding carboxylic acids is 2. The lowest BCUT2D eigenvalue weighted by molar-refractivity contribution is 0.0925. The highest BCUT2D eigenvalue weighted by Crippen LogP contribution is 2.36. The lowest BCUT2D eigenvalue weighted by atomic mass is 10.1. The lowest BCUT2D eigenvalue weighted by Gasteiger charge is -2.21. The highest BCUT2D eigenvalue weighted by molar-refractivity contribution is 7.89. The summed E-state index contributed by atoms with van der Waals surface area (Å²) < 4.78 is 32.3. The van der Waals surface area contributed by atoms with Crippen LogP contribution in [0.3, 0.4) is 0 Å². The third-order valence-corrected chi connectivity index (χ3v) is 6.57. The molecule has 0 fully saturated rings. The average molecular weight is 388 g/mol. The van der Waals surface area contributed by atoms with Gasteiger partial charge in [0.05, 0.1) is 28.8 Å². The maximum Gasteiger partial charge on any atom is 0.266 e. The van der Waals surface area contributed by atoms with Gasteiger partial charge in [-0.2, -0.15) is 4.31 Å². The molecule has 0 unspecified atom stereocenters. The van der Waals surface area contributed by atoms with Gasteiger partial charge in [-0.25, -0.2) is 13.3 Å². The number of anilines is 1. The molecule has 0 bridgehead atoms. The van der Waals surface area contributed by atoms with Crippen molar-refractivity contribution in [3.8, 4) is 5.75 Å². The quantitative estimate of drug-likeness (QED) is 0.710. The topological polar surface area (TPSA) is 84.0 Å². The Hall–Kier alpha value is -2.71. The molecule has 0 saturated carbocycles. The van der Waals surface area contributed by atoms with E-state index in [-0.39, 0.29) is 27.5 Å². The Bertz CT molecular complexity index is 978.